The largest absolute Gasteiger partial charge is 0.465 e. The van der Waals surface area contributed by atoms with Crippen LogP contribution in [0.1, 0.15) is 15.9 Å². The van der Waals surface area contributed by atoms with E-state index in [1.807, 2.05) is 13.0 Å². The van der Waals surface area contributed by atoms with Crippen molar-refractivity contribution >= 4 is 17.6 Å². The lowest BCUT2D eigenvalue weighted by Crippen LogP contribution is -2.49. The number of rotatable bonds is 3. The topological polar surface area (TPSA) is 76.7 Å². The SMILES string of the molecule is COC(=O)c1cc(C)ccc1NC(=O)C1COCCN1. The number of carbonyl (C=O) groups excluding carboxylic acids is 2. The van der Waals surface area contributed by atoms with E-state index in [1.54, 1.807) is 12.1 Å². The van der Waals surface area contributed by atoms with Crippen molar-refractivity contribution < 1.29 is 19.1 Å². The van der Waals surface area contributed by atoms with Gasteiger partial charge in [0.25, 0.3) is 0 Å². The van der Waals surface area contributed by atoms with Crippen LogP contribution in [0.15, 0.2) is 18.2 Å². The Kier molecular flexibility index (Phi) is 4.70. The number of esters is 1. The summed E-state index contributed by atoms with van der Waals surface area (Å²) in [4.78, 5) is 23.8. The molecule has 108 valence electrons. The smallest absolute Gasteiger partial charge is 0.339 e. The molecule has 2 N–H and O–H groups in total. The lowest BCUT2D eigenvalue weighted by atomic mass is 10.1. The number of morpholine rings is 1. The molecule has 6 nitrogen and oxygen atoms in total. The summed E-state index contributed by atoms with van der Waals surface area (Å²) in [5.74, 6) is -0.699. The first-order chi connectivity index (χ1) is 9.61. The highest BCUT2D eigenvalue weighted by Gasteiger charge is 2.23. The molecular weight excluding hydrogens is 260 g/mol. The molecule has 1 aliphatic heterocycles. The fraction of sp³-hybridized carbons (Fsp3) is 0.429. The number of aryl methyl sites for hydroxylation is 1. The molecule has 1 aromatic carbocycles. The van der Waals surface area contributed by atoms with Crippen LogP contribution in [0, 0.1) is 6.92 Å². The zero-order chi connectivity index (χ0) is 14.5. The van der Waals surface area contributed by atoms with Gasteiger partial charge in [-0.05, 0) is 19.1 Å². The number of anilines is 1. The minimum absolute atomic E-state index is 0.223. The van der Waals surface area contributed by atoms with Crippen LogP contribution < -0.4 is 10.6 Å². The predicted octanol–water partition coefficient (Wildman–Crippen LogP) is 0.709. The van der Waals surface area contributed by atoms with E-state index < -0.39 is 12.0 Å². The average Bonchev–Trinajstić information content (AvgIpc) is 2.49. The van der Waals surface area contributed by atoms with Gasteiger partial charge < -0.3 is 20.1 Å². The molecule has 0 saturated carbocycles. The van der Waals surface area contributed by atoms with Gasteiger partial charge in [0.15, 0.2) is 0 Å². The van der Waals surface area contributed by atoms with E-state index in [-0.39, 0.29) is 5.91 Å². The van der Waals surface area contributed by atoms with Crippen LogP contribution >= 0.6 is 0 Å². The van der Waals surface area contributed by atoms with Crippen LogP contribution in [0.5, 0.6) is 0 Å². The van der Waals surface area contributed by atoms with Crippen molar-refractivity contribution in [2.45, 2.75) is 13.0 Å². The molecule has 1 amide bonds. The first-order valence-corrected chi connectivity index (χ1v) is 6.43. The number of ether oxygens (including phenoxy) is 2. The van der Waals surface area contributed by atoms with Crippen molar-refractivity contribution in [3.63, 3.8) is 0 Å². The van der Waals surface area contributed by atoms with Crippen LogP contribution in [0.2, 0.25) is 0 Å². The Bertz CT molecular complexity index is 510. The van der Waals surface area contributed by atoms with Crippen molar-refractivity contribution in [2.24, 2.45) is 0 Å². The summed E-state index contributed by atoms with van der Waals surface area (Å²) in [6, 6.07) is 4.80. The standard InChI is InChI=1S/C14H18N2O4/c1-9-3-4-11(10(7-9)14(18)19-2)16-13(17)12-8-20-6-5-15-12/h3-4,7,12,15H,5-6,8H2,1-2H3,(H,16,17). The fourth-order valence-electron chi connectivity index (χ4n) is 2.00. The second kappa shape index (κ2) is 6.49. The van der Waals surface area contributed by atoms with E-state index in [1.165, 1.54) is 7.11 Å². The van der Waals surface area contributed by atoms with Crippen LogP contribution in [-0.2, 0) is 14.3 Å². The van der Waals surface area contributed by atoms with Gasteiger partial charge in [-0.25, -0.2) is 4.79 Å². The summed E-state index contributed by atoms with van der Waals surface area (Å²) in [6.45, 7) is 3.43. The molecule has 1 aliphatic rings. The zero-order valence-corrected chi connectivity index (χ0v) is 11.6. The molecule has 0 aliphatic carbocycles. The minimum Gasteiger partial charge on any atom is -0.465 e. The molecule has 20 heavy (non-hydrogen) atoms. The van der Waals surface area contributed by atoms with E-state index in [0.29, 0.717) is 31.0 Å². The summed E-state index contributed by atoms with van der Waals surface area (Å²) < 4.78 is 9.97. The van der Waals surface area contributed by atoms with E-state index in [2.05, 4.69) is 10.6 Å². The Morgan fingerprint density at radius 2 is 2.25 bits per heavy atom. The number of benzene rings is 1. The van der Waals surface area contributed by atoms with E-state index in [4.69, 9.17) is 9.47 Å². The van der Waals surface area contributed by atoms with Gasteiger partial charge in [0, 0.05) is 6.54 Å². The maximum atomic E-state index is 12.1. The first kappa shape index (κ1) is 14.5. The third-order valence-electron chi connectivity index (χ3n) is 3.08. The highest BCUT2D eigenvalue weighted by Crippen LogP contribution is 2.18. The van der Waals surface area contributed by atoms with Crippen molar-refractivity contribution in [3.8, 4) is 0 Å². The van der Waals surface area contributed by atoms with Gasteiger partial charge >= 0.3 is 5.97 Å². The Balaban J connectivity index is 2.15. The number of carbonyl (C=O) groups is 2. The number of amides is 1. The summed E-state index contributed by atoms with van der Waals surface area (Å²) in [5, 5.41) is 5.80. The number of nitrogens with one attached hydrogen (secondary N) is 2. The van der Waals surface area contributed by atoms with Gasteiger partial charge in [0.1, 0.15) is 6.04 Å². The Hall–Kier alpha value is -1.92. The molecule has 1 fully saturated rings. The summed E-state index contributed by atoms with van der Waals surface area (Å²) in [7, 11) is 1.31. The van der Waals surface area contributed by atoms with Gasteiger partial charge in [0.2, 0.25) is 5.91 Å². The van der Waals surface area contributed by atoms with E-state index in [9.17, 15) is 9.59 Å². The van der Waals surface area contributed by atoms with Crippen molar-refractivity contribution in [1.29, 1.82) is 0 Å². The zero-order valence-electron chi connectivity index (χ0n) is 11.6. The maximum Gasteiger partial charge on any atom is 0.339 e. The monoisotopic (exact) mass is 278 g/mol. The van der Waals surface area contributed by atoms with Gasteiger partial charge in [-0.15, -0.1) is 0 Å². The second-order valence-corrected chi connectivity index (χ2v) is 4.61. The van der Waals surface area contributed by atoms with Gasteiger partial charge in [0.05, 0.1) is 31.6 Å². The maximum absolute atomic E-state index is 12.1. The number of methoxy groups -OCH3 is 1. The third-order valence-corrected chi connectivity index (χ3v) is 3.08. The van der Waals surface area contributed by atoms with Gasteiger partial charge in [-0.2, -0.15) is 0 Å². The minimum atomic E-state index is -0.475. The molecule has 1 aromatic rings. The molecule has 0 bridgehead atoms. The second-order valence-electron chi connectivity index (χ2n) is 4.61. The molecule has 2 rings (SSSR count). The van der Waals surface area contributed by atoms with E-state index >= 15 is 0 Å². The highest BCUT2D eigenvalue weighted by molar-refractivity contribution is 6.03. The quantitative estimate of drug-likeness (QED) is 0.796. The molecule has 0 radical (unpaired) electrons. The van der Waals surface area contributed by atoms with Gasteiger partial charge in [-0.3, -0.25) is 4.79 Å². The van der Waals surface area contributed by atoms with Crippen molar-refractivity contribution in [3.05, 3.63) is 29.3 Å². The molecule has 0 spiro atoms. The normalized spacial score (nSPS) is 18.4. The van der Waals surface area contributed by atoms with Crippen molar-refractivity contribution in [1.82, 2.24) is 5.32 Å². The number of hydrogen-bond acceptors (Lipinski definition) is 5. The molecule has 1 heterocycles. The first-order valence-electron chi connectivity index (χ1n) is 6.43. The highest BCUT2D eigenvalue weighted by atomic mass is 16.5. The Morgan fingerprint density at radius 1 is 1.45 bits per heavy atom. The Morgan fingerprint density at radius 3 is 2.90 bits per heavy atom. The molecule has 6 heteroatoms. The predicted molar refractivity (Wildman–Crippen MR) is 73.8 cm³/mol. The van der Waals surface area contributed by atoms with Crippen LogP contribution in [0.4, 0.5) is 5.69 Å². The molecule has 1 atom stereocenters. The molecule has 0 aromatic heterocycles. The summed E-state index contributed by atoms with van der Waals surface area (Å²) in [5.41, 5.74) is 1.71. The van der Waals surface area contributed by atoms with Crippen LogP contribution in [0.3, 0.4) is 0 Å². The van der Waals surface area contributed by atoms with Crippen LogP contribution in [-0.4, -0.2) is 44.8 Å². The molecular formula is C14H18N2O4. The summed E-state index contributed by atoms with van der Waals surface area (Å²) >= 11 is 0. The number of hydrogen-bond donors (Lipinski definition) is 2. The van der Waals surface area contributed by atoms with Gasteiger partial charge in [-0.1, -0.05) is 11.6 Å². The third kappa shape index (κ3) is 3.34. The van der Waals surface area contributed by atoms with E-state index in [0.717, 1.165) is 5.56 Å². The molecule has 1 unspecified atom stereocenters. The van der Waals surface area contributed by atoms with Crippen LogP contribution in [0.25, 0.3) is 0 Å². The average molecular weight is 278 g/mol. The van der Waals surface area contributed by atoms with Crippen molar-refractivity contribution in [2.75, 3.05) is 32.2 Å². The lowest BCUT2D eigenvalue weighted by molar-refractivity contribution is -0.120. The fourth-order valence-corrected chi connectivity index (χ4v) is 2.00. The molecule has 1 saturated heterocycles. The Labute approximate surface area is 117 Å². The summed E-state index contributed by atoms with van der Waals surface area (Å²) in [6.07, 6.45) is 0. The lowest BCUT2D eigenvalue weighted by Gasteiger charge is -2.23.